The molecule has 0 aromatic heterocycles. The van der Waals surface area contributed by atoms with E-state index in [1.807, 2.05) is 6.08 Å². The van der Waals surface area contributed by atoms with Gasteiger partial charge in [0.2, 0.25) is 0 Å². The quantitative estimate of drug-likeness (QED) is 0.558. The van der Waals surface area contributed by atoms with E-state index in [0.717, 1.165) is 12.3 Å². The van der Waals surface area contributed by atoms with Gasteiger partial charge in [-0.1, -0.05) is 6.08 Å². The summed E-state index contributed by atoms with van der Waals surface area (Å²) in [6, 6.07) is 0.481. The van der Waals surface area contributed by atoms with Crippen LogP contribution in [-0.4, -0.2) is 6.04 Å². The topological polar surface area (TPSA) is 26.0 Å². The molecule has 1 nitrogen and oxygen atoms in total. The fourth-order valence-corrected chi connectivity index (χ4v) is 1.56. The normalized spacial score (nSPS) is 34.8. The molecule has 1 saturated carbocycles. The maximum absolute atomic E-state index is 5.72. The third-order valence-electron chi connectivity index (χ3n) is 2.08. The number of hydrogen-bond donors (Lipinski definition) is 1. The molecule has 0 aliphatic heterocycles. The Labute approximate surface area is 56.9 Å². The second-order valence-electron chi connectivity index (χ2n) is 2.96. The summed E-state index contributed by atoms with van der Waals surface area (Å²) in [6.45, 7) is 3.71. The maximum atomic E-state index is 5.72. The Morgan fingerprint density at radius 2 is 2.33 bits per heavy atom. The lowest BCUT2D eigenvalue weighted by molar-refractivity contribution is 0.546. The minimum Gasteiger partial charge on any atom is -0.328 e. The van der Waals surface area contributed by atoms with Crippen molar-refractivity contribution in [2.24, 2.45) is 11.7 Å². The van der Waals surface area contributed by atoms with E-state index in [0.29, 0.717) is 6.04 Å². The largest absolute Gasteiger partial charge is 0.328 e. The van der Waals surface area contributed by atoms with Crippen molar-refractivity contribution in [2.75, 3.05) is 0 Å². The molecule has 1 rings (SSSR count). The Morgan fingerprint density at radius 3 is 2.78 bits per heavy atom. The number of nitrogens with two attached hydrogens (primary N) is 1. The van der Waals surface area contributed by atoms with Gasteiger partial charge in [-0.15, -0.1) is 6.58 Å². The summed E-state index contributed by atoms with van der Waals surface area (Å²) < 4.78 is 0. The van der Waals surface area contributed by atoms with Gasteiger partial charge >= 0.3 is 0 Å². The zero-order chi connectivity index (χ0) is 6.69. The van der Waals surface area contributed by atoms with Crippen molar-refractivity contribution in [3.8, 4) is 0 Å². The van der Waals surface area contributed by atoms with Crippen molar-refractivity contribution in [2.45, 2.75) is 31.7 Å². The van der Waals surface area contributed by atoms with Crippen molar-refractivity contribution in [3.63, 3.8) is 0 Å². The summed E-state index contributed by atoms with van der Waals surface area (Å²) in [7, 11) is 0. The van der Waals surface area contributed by atoms with Crippen molar-refractivity contribution in [1.29, 1.82) is 0 Å². The minimum atomic E-state index is 0.481. The van der Waals surface area contributed by atoms with Crippen LogP contribution in [0, 0.1) is 5.92 Å². The van der Waals surface area contributed by atoms with Gasteiger partial charge in [-0.05, 0) is 31.6 Å². The van der Waals surface area contributed by atoms with E-state index in [-0.39, 0.29) is 0 Å². The smallest absolute Gasteiger partial charge is 0.00416 e. The van der Waals surface area contributed by atoms with Gasteiger partial charge < -0.3 is 5.73 Å². The predicted octanol–water partition coefficient (Wildman–Crippen LogP) is 1.69. The van der Waals surface area contributed by atoms with E-state index in [2.05, 4.69) is 6.58 Å². The summed E-state index contributed by atoms with van der Waals surface area (Å²) >= 11 is 0. The second kappa shape index (κ2) is 3.02. The van der Waals surface area contributed by atoms with Gasteiger partial charge in [0.25, 0.3) is 0 Å². The van der Waals surface area contributed by atoms with Crippen LogP contribution in [0.3, 0.4) is 0 Å². The van der Waals surface area contributed by atoms with Gasteiger partial charge in [-0.25, -0.2) is 0 Å². The molecule has 1 aliphatic carbocycles. The van der Waals surface area contributed by atoms with E-state index in [1.165, 1.54) is 19.3 Å². The lowest BCUT2D eigenvalue weighted by Gasteiger charge is -2.03. The van der Waals surface area contributed by atoms with Crippen LogP contribution in [0.4, 0.5) is 0 Å². The van der Waals surface area contributed by atoms with Crippen molar-refractivity contribution in [3.05, 3.63) is 12.7 Å². The Balaban J connectivity index is 2.21. The highest BCUT2D eigenvalue weighted by Gasteiger charge is 2.19. The molecule has 1 heteroatoms. The molecule has 2 atom stereocenters. The van der Waals surface area contributed by atoms with Crippen molar-refractivity contribution in [1.82, 2.24) is 0 Å². The van der Waals surface area contributed by atoms with E-state index < -0.39 is 0 Å². The zero-order valence-electron chi connectivity index (χ0n) is 5.84. The van der Waals surface area contributed by atoms with Gasteiger partial charge in [0.15, 0.2) is 0 Å². The Bertz CT molecular complexity index is 98.7. The fraction of sp³-hybridized carbons (Fsp3) is 0.750. The summed E-state index contributed by atoms with van der Waals surface area (Å²) in [5, 5.41) is 0. The molecule has 0 radical (unpaired) electrons. The molecule has 2 unspecified atom stereocenters. The van der Waals surface area contributed by atoms with Crippen LogP contribution in [0.15, 0.2) is 12.7 Å². The molecule has 9 heavy (non-hydrogen) atoms. The van der Waals surface area contributed by atoms with Gasteiger partial charge in [0, 0.05) is 6.04 Å². The molecule has 0 aromatic rings. The molecule has 2 N–H and O–H groups in total. The van der Waals surface area contributed by atoms with E-state index in [4.69, 9.17) is 5.73 Å². The molecule has 1 aliphatic rings. The summed E-state index contributed by atoms with van der Waals surface area (Å²) in [5.74, 6) is 0.845. The first-order valence-electron chi connectivity index (χ1n) is 3.69. The first-order valence-corrected chi connectivity index (χ1v) is 3.69. The van der Waals surface area contributed by atoms with Crippen LogP contribution < -0.4 is 5.73 Å². The lowest BCUT2D eigenvalue weighted by Crippen LogP contribution is -2.14. The highest BCUT2D eigenvalue weighted by atomic mass is 14.6. The van der Waals surface area contributed by atoms with Crippen molar-refractivity contribution >= 4 is 0 Å². The molecule has 0 saturated heterocycles. The number of allylic oxidation sites excluding steroid dienone is 1. The Hall–Kier alpha value is -0.300. The maximum Gasteiger partial charge on any atom is 0.00416 e. The zero-order valence-corrected chi connectivity index (χ0v) is 5.84. The predicted molar refractivity (Wildman–Crippen MR) is 40.1 cm³/mol. The summed E-state index contributed by atoms with van der Waals surface area (Å²) in [4.78, 5) is 0. The molecule has 0 heterocycles. The highest BCUT2D eigenvalue weighted by molar-refractivity contribution is 4.82. The molecule has 0 spiro atoms. The highest BCUT2D eigenvalue weighted by Crippen LogP contribution is 2.26. The van der Waals surface area contributed by atoms with Crippen LogP contribution in [0.25, 0.3) is 0 Å². The van der Waals surface area contributed by atoms with Crippen LogP contribution >= 0.6 is 0 Å². The van der Waals surface area contributed by atoms with Crippen LogP contribution in [0.2, 0.25) is 0 Å². The second-order valence-corrected chi connectivity index (χ2v) is 2.96. The minimum absolute atomic E-state index is 0.481. The molecule has 0 aromatic carbocycles. The van der Waals surface area contributed by atoms with Gasteiger partial charge in [-0.2, -0.15) is 0 Å². The van der Waals surface area contributed by atoms with E-state index in [9.17, 15) is 0 Å². The first kappa shape index (κ1) is 6.81. The van der Waals surface area contributed by atoms with Gasteiger partial charge in [-0.3, -0.25) is 0 Å². The monoisotopic (exact) mass is 125 g/mol. The molecule has 0 bridgehead atoms. The average molecular weight is 125 g/mol. The van der Waals surface area contributed by atoms with E-state index >= 15 is 0 Å². The number of rotatable bonds is 2. The summed E-state index contributed by atoms with van der Waals surface area (Å²) in [5.41, 5.74) is 5.72. The third-order valence-corrected chi connectivity index (χ3v) is 2.08. The van der Waals surface area contributed by atoms with Crippen molar-refractivity contribution < 1.29 is 0 Å². The Morgan fingerprint density at radius 1 is 1.56 bits per heavy atom. The fourth-order valence-electron chi connectivity index (χ4n) is 1.56. The third kappa shape index (κ3) is 1.83. The molecular formula is C8H15N. The lowest BCUT2D eigenvalue weighted by atomic mass is 10.0. The SMILES string of the molecule is C=CCC1CCC(N)C1. The van der Waals surface area contributed by atoms with Crippen LogP contribution in [0.1, 0.15) is 25.7 Å². The molecule has 52 valence electrons. The first-order chi connectivity index (χ1) is 4.33. The molecule has 0 amide bonds. The number of hydrogen-bond acceptors (Lipinski definition) is 1. The average Bonchev–Trinajstić information content (AvgIpc) is 2.17. The van der Waals surface area contributed by atoms with Gasteiger partial charge in [0.1, 0.15) is 0 Å². The van der Waals surface area contributed by atoms with E-state index in [1.54, 1.807) is 0 Å². The molecular weight excluding hydrogens is 110 g/mol. The summed E-state index contributed by atoms with van der Waals surface area (Å²) in [6.07, 6.45) is 6.91. The standard InChI is InChI=1S/C8H15N/c1-2-3-7-4-5-8(9)6-7/h2,7-8H,1,3-6,9H2. The van der Waals surface area contributed by atoms with Gasteiger partial charge in [0.05, 0.1) is 0 Å². The van der Waals surface area contributed by atoms with Crippen LogP contribution in [-0.2, 0) is 0 Å². The van der Waals surface area contributed by atoms with Crippen LogP contribution in [0.5, 0.6) is 0 Å². The Kier molecular flexibility index (Phi) is 2.29. The molecule has 1 fully saturated rings.